The molecule has 3 N–H and O–H groups in total. The SMILES string of the molecule is C=CCN1CC2(CCC1=O)CCN(C(=O)C[C@H](O)CN)CC2. The summed E-state index contributed by atoms with van der Waals surface area (Å²) in [7, 11) is 0. The van der Waals surface area contributed by atoms with Gasteiger partial charge in [0.2, 0.25) is 11.8 Å². The van der Waals surface area contributed by atoms with Crippen molar-refractivity contribution in [2.75, 3.05) is 32.7 Å². The lowest BCUT2D eigenvalue weighted by atomic mass is 9.72. The van der Waals surface area contributed by atoms with E-state index in [0.717, 1.165) is 25.8 Å². The monoisotopic (exact) mass is 309 g/mol. The first-order valence-corrected chi connectivity index (χ1v) is 8.04. The minimum Gasteiger partial charge on any atom is -0.391 e. The molecule has 6 heteroatoms. The van der Waals surface area contributed by atoms with Crippen molar-refractivity contribution in [3.8, 4) is 0 Å². The van der Waals surface area contributed by atoms with Crippen molar-refractivity contribution in [2.45, 2.75) is 38.2 Å². The number of aliphatic hydroxyl groups is 1. The molecule has 2 rings (SSSR count). The topological polar surface area (TPSA) is 86.9 Å². The third kappa shape index (κ3) is 3.87. The number of nitrogens with two attached hydrogens (primary N) is 1. The van der Waals surface area contributed by atoms with Gasteiger partial charge < -0.3 is 20.6 Å². The summed E-state index contributed by atoms with van der Waals surface area (Å²) in [6.45, 7) is 6.60. The molecule has 2 aliphatic heterocycles. The van der Waals surface area contributed by atoms with Gasteiger partial charge in [-0.15, -0.1) is 6.58 Å². The van der Waals surface area contributed by atoms with Gasteiger partial charge in [0.05, 0.1) is 12.5 Å². The molecule has 0 saturated carbocycles. The average molecular weight is 309 g/mol. The maximum atomic E-state index is 12.1. The van der Waals surface area contributed by atoms with Crippen molar-refractivity contribution in [2.24, 2.45) is 11.1 Å². The number of carbonyl (C=O) groups excluding carboxylic acids is 2. The lowest BCUT2D eigenvalue weighted by Crippen LogP contribution is -2.52. The molecule has 2 aliphatic rings. The van der Waals surface area contributed by atoms with Crippen LogP contribution in [0.4, 0.5) is 0 Å². The molecule has 2 amide bonds. The second-order valence-corrected chi connectivity index (χ2v) is 6.54. The molecule has 0 radical (unpaired) electrons. The summed E-state index contributed by atoms with van der Waals surface area (Å²) >= 11 is 0. The maximum absolute atomic E-state index is 12.1. The highest BCUT2D eigenvalue weighted by atomic mass is 16.3. The molecule has 1 atom stereocenters. The Balaban J connectivity index is 1.89. The zero-order valence-electron chi connectivity index (χ0n) is 13.2. The molecule has 124 valence electrons. The van der Waals surface area contributed by atoms with Gasteiger partial charge in [0.1, 0.15) is 0 Å². The molecule has 0 aromatic rings. The first kappa shape index (κ1) is 17.0. The van der Waals surface area contributed by atoms with Gasteiger partial charge in [-0.3, -0.25) is 9.59 Å². The van der Waals surface area contributed by atoms with Crippen molar-refractivity contribution in [3.63, 3.8) is 0 Å². The molecular formula is C16H27N3O3. The highest BCUT2D eigenvalue weighted by Gasteiger charge is 2.41. The van der Waals surface area contributed by atoms with Crippen LogP contribution in [-0.4, -0.2) is 65.5 Å². The van der Waals surface area contributed by atoms with Gasteiger partial charge in [0, 0.05) is 39.1 Å². The van der Waals surface area contributed by atoms with Crippen molar-refractivity contribution < 1.29 is 14.7 Å². The zero-order chi connectivity index (χ0) is 16.2. The molecule has 22 heavy (non-hydrogen) atoms. The number of hydrogen-bond acceptors (Lipinski definition) is 4. The van der Waals surface area contributed by atoms with Crippen molar-refractivity contribution >= 4 is 11.8 Å². The van der Waals surface area contributed by atoms with Gasteiger partial charge in [-0.1, -0.05) is 6.08 Å². The Morgan fingerprint density at radius 2 is 2.09 bits per heavy atom. The molecular weight excluding hydrogens is 282 g/mol. The molecule has 2 heterocycles. The molecule has 0 aromatic heterocycles. The van der Waals surface area contributed by atoms with E-state index in [0.29, 0.717) is 26.1 Å². The fourth-order valence-corrected chi connectivity index (χ4v) is 3.48. The molecule has 2 fully saturated rings. The van der Waals surface area contributed by atoms with Gasteiger partial charge in [0.15, 0.2) is 0 Å². The van der Waals surface area contributed by atoms with E-state index >= 15 is 0 Å². The van der Waals surface area contributed by atoms with Crippen LogP contribution in [0.1, 0.15) is 32.1 Å². The van der Waals surface area contributed by atoms with Crippen LogP contribution in [0.25, 0.3) is 0 Å². The van der Waals surface area contributed by atoms with Crippen LogP contribution in [-0.2, 0) is 9.59 Å². The second kappa shape index (κ2) is 7.24. The van der Waals surface area contributed by atoms with Crippen molar-refractivity contribution in [1.29, 1.82) is 0 Å². The van der Waals surface area contributed by atoms with Crippen LogP contribution in [0.15, 0.2) is 12.7 Å². The highest BCUT2D eigenvalue weighted by molar-refractivity contribution is 5.78. The summed E-state index contributed by atoms with van der Waals surface area (Å²) in [6.07, 6.45) is 4.45. The predicted octanol–water partition coefficient (Wildman–Crippen LogP) is 0.113. The van der Waals surface area contributed by atoms with E-state index in [1.165, 1.54) is 0 Å². The van der Waals surface area contributed by atoms with Crippen LogP contribution in [0.3, 0.4) is 0 Å². The Bertz CT molecular complexity index is 430. The first-order chi connectivity index (χ1) is 10.5. The standard InChI is InChI=1S/C16H27N3O3/c1-2-7-19-12-16(4-3-14(19)21)5-8-18(9-6-16)15(22)10-13(20)11-17/h2,13,20H,1,3-12,17H2/t13-/m0/s1. The van der Waals surface area contributed by atoms with E-state index in [1.807, 2.05) is 9.80 Å². The Hall–Kier alpha value is -1.40. The van der Waals surface area contributed by atoms with Crippen LogP contribution < -0.4 is 5.73 Å². The second-order valence-electron chi connectivity index (χ2n) is 6.54. The number of aliphatic hydroxyl groups excluding tert-OH is 1. The van der Waals surface area contributed by atoms with Crippen LogP contribution in [0.2, 0.25) is 0 Å². The average Bonchev–Trinajstić information content (AvgIpc) is 2.52. The van der Waals surface area contributed by atoms with E-state index in [1.54, 1.807) is 6.08 Å². The summed E-state index contributed by atoms with van der Waals surface area (Å²) in [5.74, 6) is 0.178. The summed E-state index contributed by atoms with van der Waals surface area (Å²) in [4.78, 5) is 27.7. The Labute approximate surface area is 131 Å². The molecule has 0 aliphatic carbocycles. The fraction of sp³-hybridized carbons (Fsp3) is 0.750. The molecule has 0 unspecified atom stereocenters. The predicted molar refractivity (Wildman–Crippen MR) is 83.9 cm³/mol. The molecule has 0 aromatic carbocycles. The van der Waals surface area contributed by atoms with Gasteiger partial charge in [-0.25, -0.2) is 0 Å². The summed E-state index contributed by atoms with van der Waals surface area (Å²) in [6, 6.07) is 0. The highest BCUT2D eigenvalue weighted by Crippen LogP contribution is 2.40. The Morgan fingerprint density at radius 3 is 2.68 bits per heavy atom. The van der Waals surface area contributed by atoms with E-state index in [4.69, 9.17) is 5.73 Å². The summed E-state index contributed by atoms with van der Waals surface area (Å²) < 4.78 is 0. The summed E-state index contributed by atoms with van der Waals surface area (Å²) in [5, 5.41) is 9.50. The quantitative estimate of drug-likeness (QED) is 0.706. The molecule has 1 spiro atoms. The lowest BCUT2D eigenvalue weighted by Gasteiger charge is -2.47. The van der Waals surface area contributed by atoms with Crippen LogP contribution in [0.5, 0.6) is 0 Å². The van der Waals surface area contributed by atoms with E-state index in [2.05, 4.69) is 6.58 Å². The number of piperidine rings is 2. The van der Waals surface area contributed by atoms with Crippen molar-refractivity contribution in [1.82, 2.24) is 9.80 Å². The normalized spacial score (nSPS) is 22.7. The number of likely N-dealkylation sites (tertiary alicyclic amines) is 2. The largest absolute Gasteiger partial charge is 0.391 e. The number of rotatable bonds is 5. The smallest absolute Gasteiger partial charge is 0.225 e. The number of carbonyl (C=O) groups is 2. The molecule has 0 bridgehead atoms. The fourth-order valence-electron chi connectivity index (χ4n) is 3.48. The summed E-state index contributed by atoms with van der Waals surface area (Å²) in [5.41, 5.74) is 5.49. The van der Waals surface area contributed by atoms with Crippen LogP contribution >= 0.6 is 0 Å². The number of amides is 2. The zero-order valence-corrected chi connectivity index (χ0v) is 13.2. The van der Waals surface area contributed by atoms with Gasteiger partial charge in [-0.2, -0.15) is 0 Å². The van der Waals surface area contributed by atoms with Crippen LogP contribution in [0, 0.1) is 5.41 Å². The molecule has 6 nitrogen and oxygen atoms in total. The minimum absolute atomic E-state index is 0.0253. The van der Waals surface area contributed by atoms with E-state index in [-0.39, 0.29) is 30.2 Å². The Kier molecular flexibility index (Phi) is 5.58. The first-order valence-electron chi connectivity index (χ1n) is 8.04. The number of hydrogen-bond donors (Lipinski definition) is 2. The van der Waals surface area contributed by atoms with E-state index in [9.17, 15) is 14.7 Å². The third-order valence-electron chi connectivity index (χ3n) is 4.96. The third-order valence-corrected chi connectivity index (χ3v) is 4.96. The minimum atomic E-state index is -0.751. The number of nitrogens with zero attached hydrogens (tertiary/aromatic N) is 2. The Morgan fingerprint density at radius 1 is 1.41 bits per heavy atom. The maximum Gasteiger partial charge on any atom is 0.225 e. The van der Waals surface area contributed by atoms with Gasteiger partial charge >= 0.3 is 0 Å². The van der Waals surface area contributed by atoms with Gasteiger partial charge in [-0.05, 0) is 24.7 Å². The van der Waals surface area contributed by atoms with E-state index < -0.39 is 6.10 Å². The molecule has 2 saturated heterocycles. The van der Waals surface area contributed by atoms with Gasteiger partial charge in [0.25, 0.3) is 0 Å². The van der Waals surface area contributed by atoms with Crippen molar-refractivity contribution in [3.05, 3.63) is 12.7 Å². The lowest BCUT2D eigenvalue weighted by molar-refractivity contribution is -0.142.